The summed E-state index contributed by atoms with van der Waals surface area (Å²) >= 11 is 2.13. The van der Waals surface area contributed by atoms with Gasteiger partial charge in [-0.2, -0.15) is 0 Å². The van der Waals surface area contributed by atoms with Crippen molar-refractivity contribution >= 4 is 33.9 Å². The van der Waals surface area contributed by atoms with Crippen molar-refractivity contribution in [1.82, 2.24) is 0 Å². The molecule has 17 heavy (non-hydrogen) atoms. The van der Waals surface area contributed by atoms with E-state index in [0.717, 1.165) is 0 Å². The van der Waals surface area contributed by atoms with Crippen molar-refractivity contribution in [2.45, 2.75) is 30.2 Å². The van der Waals surface area contributed by atoms with E-state index in [1.807, 2.05) is 0 Å². The molecule has 9 heteroatoms. The predicted molar refractivity (Wildman–Crippen MR) is 60.0 cm³/mol. The average molecular weight is 315 g/mol. The van der Waals surface area contributed by atoms with Crippen molar-refractivity contribution in [2.24, 2.45) is 11.5 Å². The van der Waals surface area contributed by atoms with Crippen molar-refractivity contribution in [1.29, 1.82) is 0 Å². The molecule has 0 aliphatic rings. The first-order chi connectivity index (χ1) is 7.72. The zero-order valence-corrected chi connectivity index (χ0v) is 10.8. The first kappa shape index (κ1) is 18.2. The predicted octanol–water partition coefficient (Wildman–Crippen LogP) is -2.02. The van der Waals surface area contributed by atoms with Crippen molar-refractivity contribution in [2.75, 3.05) is 0 Å². The molecule has 0 spiro atoms. The summed E-state index contributed by atoms with van der Waals surface area (Å²) < 4.78 is 0. The van der Waals surface area contributed by atoms with Gasteiger partial charge in [0.05, 0.1) is 0 Å². The number of aliphatic carboxylic acids is 3. The van der Waals surface area contributed by atoms with Crippen LogP contribution in [0.25, 0.3) is 0 Å². The maximum atomic E-state index is 9.99. The second-order valence-corrected chi connectivity index (χ2v) is 3.77. The number of nitrogens with two attached hydrogens (primary N) is 2. The summed E-state index contributed by atoms with van der Waals surface area (Å²) in [6.45, 7) is 0. The number of hydrogen-bond donors (Lipinski definition) is 5. The van der Waals surface area contributed by atoms with Crippen LogP contribution in [0, 0.1) is 0 Å². The molecule has 0 fully saturated rings. The fourth-order valence-electron chi connectivity index (χ4n) is 0.481. The summed E-state index contributed by atoms with van der Waals surface area (Å²) in [5.41, 5.74) is 10.0. The first-order valence-corrected chi connectivity index (χ1v) is 5.84. The van der Waals surface area contributed by atoms with Gasteiger partial charge in [-0.15, -0.1) is 0 Å². The minimum absolute atomic E-state index is 0.0231. The minimum atomic E-state index is -1.17. The van der Waals surface area contributed by atoms with E-state index in [4.69, 9.17) is 26.8 Å². The van der Waals surface area contributed by atoms with Crippen LogP contribution in [0.1, 0.15) is 12.8 Å². The van der Waals surface area contributed by atoms with Crippen LogP contribution in [0.5, 0.6) is 0 Å². The standard InChI is InChI=1S/C5H9NO4.C3H7NO2Se/c6-3(5(9)10)1-2-4(7)8;4-2(1-7)3(5)6/h3H,1-2,6H2,(H,7,8)(H,9,10);2,7H,1,4H2,(H,5,6)/t3-;2-/m00/s1. The van der Waals surface area contributed by atoms with E-state index in [9.17, 15) is 14.4 Å². The Labute approximate surface area is 106 Å². The van der Waals surface area contributed by atoms with Crippen molar-refractivity contribution < 1.29 is 29.7 Å². The fourth-order valence-corrected chi connectivity index (χ4v) is 0.808. The molecule has 0 amide bonds. The van der Waals surface area contributed by atoms with Crippen LogP contribution in [-0.2, 0) is 14.4 Å². The zero-order chi connectivity index (χ0) is 14.0. The molecular formula is C8H16N2O6Se. The van der Waals surface area contributed by atoms with Crippen LogP contribution < -0.4 is 11.5 Å². The summed E-state index contributed by atoms with van der Waals surface area (Å²) in [5, 5.41) is 24.8. The Morgan fingerprint density at radius 3 is 1.59 bits per heavy atom. The molecule has 0 aliphatic heterocycles. The molecule has 0 aromatic rings. The van der Waals surface area contributed by atoms with Gasteiger partial charge in [0.1, 0.15) is 6.04 Å². The van der Waals surface area contributed by atoms with Gasteiger partial charge in [0, 0.05) is 6.42 Å². The van der Waals surface area contributed by atoms with Crippen LogP contribution in [0.2, 0.25) is 5.32 Å². The van der Waals surface area contributed by atoms with Crippen LogP contribution in [-0.4, -0.2) is 61.3 Å². The van der Waals surface area contributed by atoms with E-state index in [2.05, 4.69) is 16.0 Å². The summed E-state index contributed by atoms with van der Waals surface area (Å²) in [6, 6.07) is -1.77. The third-order valence-electron chi connectivity index (χ3n) is 1.50. The molecule has 0 rings (SSSR count). The SMILES string of the molecule is N[C@@H](CCC(=O)O)C(=O)O.N[C@@H](C[SeH])C(=O)O. The van der Waals surface area contributed by atoms with Crippen molar-refractivity contribution in [3.63, 3.8) is 0 Å². The molecule has 7 N–H and O–H groups in total. The third-order valence-corrected chi connectivity index (χ3v) is 2.33. The van der Waals surface area contributed by atoms with Gasteiger partial charge in [0.2, 0.25) is 0 Å². The van der Waals surface area contributed by atoms with Crippen LogP contribution in [0.4, 0.5) is 0 Å². The molecule has 0 radical (unpaired) electrons. The van der Waals surface area contributed by atoms with Crippen LogP contribution in [0.3, 0.4) is 0 Å². The van der Waals surface area contributed by atoms with E-state index in [-0.39, 0.29) is 12.8 Å². The van der Waals surface area contributed by atoms with Crippen molar-refractivity contribution in [3.8, 4) is 0 Å². The second-order valence-electron chi connectivity index (χ2n) is 3.00. The maximum absolute atomic E-state index is 9.99. The van der Waals surface area contributed by atoms with Crippen LogP contribution in [0.15, 0.2) is 0 Å². The molecular weight excluding hydrogens is 299 g/mol. The van der Waals surface area contributed by atoms with Gasteiger partial charge in [-0.1, -0.05) is 0 Å². The van der Waals surface area contributed by atoms with Gasteiger partial charge in [0.25, 0.3) is 0 Å². The summed E-state index contributed by atoms with van der Waals surface area (Å²) in [6.07, 6.45) is -0.224. The molecule has 0 saturated heterocycles. The fraction of sp³-hybridized carbons (Fsp3) is 0.625. The number of carbonyl (C=O) groups is 3. The molecule has 0 aliphatic carbocycles. The number of carboxylic acids is 3. The molecule has 0 heterocycles. The van der Waals surface area contributed by atoms with E-state index >= 15 is 0 Å². The topological polar surface area (TPSA) is 164 Å². The summed E-state index contributed by atoms with van der Waals surface area (Å²) in [4.78, 5) is 29.7. The van der Waals surface area contributed by atoms with Gasteiger partial charge < -0.3 is 15.9 Å². The van der Waals surface area contributed by atoms with Crippen LogP contribution >= 0.6 is 0 Å². The Morgan fingerprint density at radius 2 is 1.41 bits per heavy atom. The Bertz CT molecular complexity index is 273. The second kappa shape index (κ2) is 10.0. The average Bonchev–Trinajstić information content (AvgIpc) is 2.24. The quantitative estimate of drug-likeness (QED) is 0.350. The summed E-state index contributed by atoms with van der Waals surface area (Å²) in [7, 11) is 0. The molecule has 0 aromatic carbocycles. The molecule has 0 aromatic heterocycles. The first-order valence-electron chi connectivity index (χ1n) is 4.51. The van der Waals surface area contributed by atoms with Gasteiger partial charge in [-0.05, 0) is 6.42 Å². The van der Waals surface area contributed by atoms with E-state index in [1.165, 1.54) is 0 Å². The Hall–Kier alpha value is -1.15. The molecule has 0 saturated carbocycles. The number of carboxylic acid groups (broad SMARTS) is 3. The Morgan fingerprint density at radius 1 is 1.00 bits per heavy atom. The zero-order valence-electron chi connectivity index (χ0n) is 8.94. The molecule has 0 unspecified atom stereocenters. The van der Waals surface area contributed by atoms with E-state index in [0.29, 0.717) is 5.32 Å². The Kier molecular flexibility index (Phi) is 10.8. The van der Waals surface area contributed by atoms with Gasteiger partial charge >= 0.3 is 60.9 Å². The van der Waals surface area contributed by atoms with E-state index in [1.54, 1.807) is 0 Å². The van der Waals surface area contributed by atoms with Gasteiger partial charge in [-0.3, -0.25) is 9.59 Å². The molecule has 2 atom stereocenters. The van der Waals surface area contributed by atoms with E-state index < -0.39 is 30.0 Å². The number of hydrogen-bond acceptors (Lipinski definition) is 5. The monoisotopic (exact) mass is 316 g/mol. The molecule has 0 bridgehead atoms. The molecule has 100 valence electrons. The normalized spacial score (nSPS) is 12.9. The van der Waals surface area contributed by atoms with Crippen molar-refractivity contribution in [3.05, 3.63) is 0 Å². The summed E-state index contributed by atoms with van der Waals surface area (Å²) in [5.74, 6) is -3.14. The molecule has 8 nitrogen and oxygen atoms in total. The third kappa shape index (κ3) is 12.8. The van der Waals surface area contributed by atoms with Gasteiger partial charge in [-0.25, -0.2) is 0 Å². The van der Waals surface area contributed by atoms with Gasteiger partial charge in [0.15, 0.2) is 0 Å². The Balaban J connectivity index is 0. The number of rotatable bonds is 6.